The fourth-order valence-corrected chi connectivity index (χ4v) is 3.96. The molecule has 0 fully saturated rings. The molecular weight excluding hydrogens is 422 g/mol. The van der Waals surface area contributed by atoms with Gasteiger partial charge in [0.2, 0.25) is 6.79 Å². The highest BCUT2D eigenvalue weighted by atomic mass is 16.7. The summed E-state index contributed by atoms with van der Waals surface area (Å²) in [6.07, 6.45) is -0.00369. The molecule has 1 aliphatic rings. The Morgan fingerprint density at radius 2 is 1.85 bits per heavy atom. The lowest BCUT2D eigenvalue weighted by atomic mass is 9.98. The van der Waals surface area contributed by atoms with E-state index in [0.717, 1.165) is 23.5 Å². The van der Waals surface area contributed by atoms with E-state index in [-0.39, 0.29) is 25.1 Å². The van der Waals surface area contributed by atoms with Crippen molar-refractivity contribution in [3.63, 3.8) is 0 Å². The van der Waals surface area contributed by atoms with Crippen molar-refractivity contribution in [3.8, 4) is 17.2 Å². The van der Waals surface area contributed by atoms with E-state index >= 15 is 0 Å². The maximum Gasteiger partial charge on any atom is 0.323 e. The lowest BCUT2D eigenvalue weighted by Gasteiger charge is -2.22. The number of aromatic amines is 2. The van der Waals surface area contributed by atoms with Crippen molar-refractivity contribution < 1.29 is 19.3 Å². The van der Waals surface area contributed by atoms with E-state index in [1.807, 2.05) is 36.4 Å². The predicted molar refractivity (Wildman–Crippen MR) is 124 cm³/mol. The number of nitrogens with one attached hydrogen (secondary N) is 3. The average Bonchev–Trinajstić information content (AvgIpc) is 3.46. The topological polar surface area (TPSA) is 109 Å². The molecule has 3 aromatic carbocycles. The second kappa shape index (κ2) is 9.40. The number of benzene rings is 3. The van der Waals surface area contributed by atoms with Gasteiger partial charge < -0.3 is 34.6 Å². The summed E-state index contributed by atoms with van der Waals surface area (Å²) in [5, 5.41) is 14.1. The highest BCUT2D eigenvalue weighted by molar-refractivity contribution is 5.81. The molecule has 4 aromatic rings. The molecule has 170 valence electrons. The molecule has 1 aromatic heterocycles. The van der Waals surface area contributed by atoms with E-state index in [1.54, 1.807) is 18.2 Å². The van der Waals surface area contributed by atoms with Crippen LogP contribution in [0.1, 0.15) is 17.2 Å². The molecule has 4 N–H and O–H groups in total. The first-order valence-electron chi connectivity index (χ1n) is 10.8. The lowest BCUT2D eigenvalue weighted by Crippen LogP contribution is -2.34. The molecule has 8 nitrogen and oxygen atoms in total. The second-order valence-electron chi connectivity index (χ2n) is 7.99. The van der Waals surface area contributed by atoms with Gasteiger partial charge in [-0.2, -0.15) is 0 Å². The van der Waals surface area contributed by atoms with Crippen LogP contribution in [-0.4, -0.2) is 41.1 Å². The van der Waals surface area contributed by atoms with Crippen LogP contribution in [0, 0.1) is 0 Å². The minimum Gasteiger partial charge on any atom is -0.489 e. The van der Waals surface area contributed by atoms with Crippen LogP contribution >= 0.6 is 0 Å². The van der Waals surface area contributed by atoms with Gasteiger partial charge in [-0.15, -0.1) is 0 Å². The number of imidazole rings is 1. The molecule has 0 saturated carbocycles. The van der Waals surface area contributed by atoms with Crippen molar-refractivity contribution >= 4 is 11.0 Å². The zero-order valence-corrected chi connectivity index (χ0v) is 17.9. The van der Waals surface area contributed by atoms with E-state index in [1.165, 1.54) is 5.56 Å². The van der Waals surface area contributed by atoms with Gasteiger partial charge in [0, 0.05) is 12.6 Å². The number of rotatable bonds is 9. The second-order valence-corrected chi connectivity index (χ2v) is 7.99. The maximum absolute atomic E-state index is 11.6. The zero-order chi connectivity index (χ0) is 22.6. The first kappa shape index (κ1) is 21.1. The minimum absolute atomic E-state index is 0.0407. The Balaban J connectivity index is 1.26. The fourth-order valence-electron chi connectivity index (χ4n) is 3.96. The van der Waals surface area contributed by atoms with E-state index in [4.69, 9.17) is 14.2 Å². The van der Waals surface area contributed by atoms with Crippen molar-refractivity contribution in [1.82, 2.24) is 15.3 Å². The van der Waals surface area contributed by atoms with Crippen LogP contribution in [0.5, 0.6) is 17.2 Å². The summed E-state index contributed by atoms with van der Waals surface area (Å²) in [6.45, 7) is 0.634. The van der Waals surface area contributed by atoms with Crippen LogP contribution in [0.4, 0.5) is 0 Å². The highest BCUT2D eigenvalue weighted by Crippen LogP contribution is 2.35. The molecule has 0 saturated heterocycles. The highest BCUT2D eigenvalue weighted by Gasteiger charge is 2.19. The molecule has 2 heterocycles. The van der Waals surface area contributed by atoms with Gasteiger partial charge in [0.05, 0.1) is 5.52 Å². The summed E-state index contributed by atoms with van der Waals surface area (Å²) < 4.78 is 16.8. The van der Waals surface area contributed by atoms with Crippen molar-refractivity contribution in [2.75, 3.05) is 19.9 Å². The molecule has 0 aliphatic carbocycles. The molecule has 1 aliphatic heterocycles. The number of aromatic nitrogens is 2. The Morgan fingerprint density at radius 3 is 2.73 bits per heavy atom. The lowest BCUT2D eigenvalue weighted by molar-refractivity contribution is 0.104. The van der Waals surface area contributed by atoms with E-state index in [2.05, 4.69) is 27.4 Å². The van der Waals surface area contributed by atoms with Crippen LogP contribution in [0.25, 0.3) is 11.0 Å². The summed E-state index contributed by atoms with van der Waals surface area (Å²) in [4.78, 5) is 17.0. The number of aliphatic hydroxyl groups is 1. The van der Waals surface area contributed by atoms with E-state index in [9.17, 15) is 9.90 Å². The minimum atomic E-state index is -0.752. The van der Waals surface area contributed by atoms with Gasteiger partial charge in [-0.25, -0.2) is 4.79 Å². The summed E-state index contributed by atoms with van der Waals surface area (Å²) in [5.41, 5.74) is 3.18. The van der Waals surface area contributed by atoms with Crippen LogP contribution in [-0.2, 0) is 6.42 Å². The summed E-state index contributed by atoms with van der Waals surface area (Å²) >= 11 is 0. The van der Waals surface area contributed by atoms with Crippen molar-refractivity contribution in [3.05, 3.63) is 88.3 Å². The Labute approximate surface area is 190 Å². The Morgan fingerprint density at radius 1 is 1.00 bits per heavy atom. The smallest absolute Gasteiger partial charge is 0.323 e. The first-order valence-corrected chi connectivity index (χ1v) is 10.8. The Kier molecular flexibility index (Phi) is 6.01. The third kappa shape index (κ3) is 4.87. The maximum atomic E-state index is 11.6. The van der Waals surface area contributed by atoms with Crippen LogP contribution < -0.4 is 25.2 Å². The van der Waals surface area contributed by atoms with Gasteiger partial charge in [0.1, 0.15) is 24.0 Å². The normalized spacial score (nSPS) is 14.3. The number of para-hydroxylation sites is 1. The van der Waals surface area contributed by atoms with Gasteiger partial charge >= 0.3 is 5.69 Å². The fraction of sp³-hybridized carbons (Fsp3) is 0.240. The number of hydrogen-bond acceptors (Lipinski definition) is 6. The van der Waals surface area contributed by atoms with Gasteiger partial charge in [0.15, 0.2) is 11.5 Å². The standard InChI is InChI=1S/C25H25N3O5/c29-18(14-31-22-8-4-7-19-24(22)28-25(30)27-19)13-26-20(11-16-5-2-1-3-6-16)17-9-10-21-23(12-17)33-15-32-21/h1-10,12,18,20,26,29H,11,13-15H2,(H2,27,28,30)/t18-,20+/m0/s1. The average molecular weight is 447 g/mol. The third-order valence-corrected chi connectivity index (χ3v) is 5.63. The van der Waals surface area contributed by atoms with Crippen LogP contribution in [0.3, 0.4) is 0 Å². The molecule has 0 bridgehead atoms. The van der Waals surface area contributed by atoms with Gasteiger partial charge in [-0.1, -0.05) is 42.5 Å². The number of aliphatic hydroxyl groups excluding tert-OH is 1. The third-order valence-electron chi connectivity index (χ3n) is 5.63. The molecule has 0 unspecified atom stereocenters. The molecule has 33 heavy (non-hydrogen) atoms. The molecule has 0 spiro atoms. The number of ether oxygens (including phenoxy) is 3. The van der Waals surface area contributed by atoms with E-state index < -0.39 is 6.10 Å². The zero-order valence-electron chi connectivity index (χ0n) is 17.9. The molecule has 8 heteroatoms. The van der Waals surface area contributed by atoms with E-state index in [0.29, 0.717) is 23.3 Å². The number of H-pyrrole nitrogens is 2. The predicted octanol–water partition coefficient (Wildman–Crippen LogP) is 2.90. The quantitative estimate of drug-likeness (QED) is 0.314. The molecule has 0 radical (unpaired) electrons. The number of fused-ring (bicyclic) bond motifs is 2. The molecular formula is C25H25N3O5. The van der Waals surface area contributed by atoms with Gasteiger partial charge in [0.25, 0.3) is 0 Å². The van der Waals surface area contributed by atoms with Crippen molar-refractivity contribution in [2.24, 2.45) is 0 Å². The monoisotopic (exact) mass is 447 g/mol. The van der Waals surface area contributed by atoms with Crippen molar-refractivity contribution in [2.45, 2.75) is 18.6 Å². The van der Waals surface area contributed by atoms with Gasteiger partial charge in [-0.05, 0) is 41.8 Å². The Bertz CT molecular complexity index is 1280. The largest absolute Gasteiger partial charge is 0.489 e. The summed E-state index contributed by atoms with van der Waals surface area (Å²) in [5.74, 6) is 1.98. The van der Waals surface area contributed by atoms with Crippen molar-refractivity contribution in [1.29, 1.82) is 0 Å². The summed E-state index contributed by atoms with van der Waals surface area (Å²) in [7, 11) is 0. The van der Waals surface area contributed by atoms with Crippen LogP contribution in [0.15, 0.2) is 71.5 Å². The van der Waals surface area contributed by atoms with Gasteiger partial charge in [-0.3, -0.25) is 0 Å². The molecule has 0 amide bonds. The van der Waals surface area contributed by atoms with Crippen LogP contribution in [0.2, 0.25) is 0 Å². The number of hydrogen-bond donors (Lipinski definition) is 4. The summed E-state index contributed by atoms with van der Waals surface area (Å²) in [6, 6.07) is 21.4. The molecule has 5 rings (SSSR count). The SMILES string of the molecule is O=c1[nH]c2cccc(OC[C@@H](O)CN[C@H](Cc3ccccc3)c3ccc4c(c3)OCO4)c2[nH]1. The Hall–Kier alpha value is -3.75. The first-order chi connectivity index (χ1) is 16.2. The molecule has 2 atom stereocenters.